The Kier molecular flexibility index (Phi) is 11.4. The molecule has 36 heavy (non-hydrogen) atoms. The topological polar surface area (TPSA) is 67.4 Å². The van der Waals surface area contributed by atoms with E-state index in [-0.39, 0.29) is 12.0 Å². The molecule has 6 nitrogen and oxygen atoms in total. The highest BCUT2D eigenvalue weighted by atomic mass is 32.2. The summed E-state index contributed by atoms with van der Waals surface area (Å²) < 4.78 is 6.29. The van der Waals surface area contributed by atoms with Crippen LogP contribution in [-0.4, -0.2) is 42.3 Å². The fraction of sp³-hybridized carbons (Fsp3) is 0.464. The smallest absolute Gasteiger partial charge is 0.261 e. The van der Waals surface area contributed by atoms with Crippen LogP contribution in [0.5, 0.6) is 0 Å². The van der Waals surface area contributed by atoms with E-state index >= 15 is 0 Å². The maximum atomic E-state index is 13.6. The highest BCUT2D eigenvalue weighted by Gasteiger charge is 2.22. The zero-order chi connectivity index (χ0) is 25.9. The van der Waals surface area contributed by atoms with Crippen LogP contribution in [0.15, 0.2) is 53.1 Å². The Morgan fingerprint density at radius 1 is 1.22 bits per heavy atom. The van der Waals surface area contributed by atoms with Crippen LogP contribution >= 0.6 is 23.1 Å². The van der Waals surface area contributed by atoms with Crippen LogP contribution in [0.25, 0.3) is 0 Å². The summed E-state index contributed by atoms with van der Waals surface area (Å²) >= 11 is 3.20. The molecule has 0 saturated heterocycles. The largest absolute Gasteiger partial charge is 0.368 e. The first-order chi connectivity index (χ1) is 17.5. The van der Waals surface area contributed by atoms with Crippen molar-refractivity contribution in [2.24, 2.45) is 5.92 Å². The number of benzene rings is 1. The standard InChI is InChI=1S/C28H38N4O2S2/c1-6-20(2)14-16-32(27(33)24-18-30-28(35-5)31-21(24)3)23-11-9-22(10-12-23)19-34-25(13-15-29-4)26-8-7-17-36-26/h7-12,17-18,20,25,29H,6,13-16,19H2,1-5H3. The summed E-state index contributed by atoms with van der Waals surface area (Å²) in [4.78, 5) is 25.5. The molecule has 2 heterocycles. The van der Waals surface area contributed by atoms with E-state index in [0.29, 0.717) is 35.5 Å². The van der Waals surface area contributed by atoms with Crippen molar-refractivity contribution in [1.29, 1.82) is 0 Å². The highest BCUT2D eigenvalue weighted by Crippen LogP contribution is 2.27. The van der Waals surface area contributed by atoms with Crippen molar-refractivity contribution >= 4 is 34.7 Å². The van der Waals surface area contributed by atoms with Crippen molar-refractivity contribution in [3.05, 3.63) is 69.7 Å². The van der Waals surface area contributed by atoms with Gasteiger partial charge in [-0.1, -0.05) is 50.2 Å². The van der Waals surface area contributed by atoms with Gasteiger partial charge < -0.3 is 15.0 Å². The molecule has 0 saturated carbocycles. The van der Waals surface area contributed by atoms with Gasteiger partial charge in [0.2, 0.25) is 0 Å². The third kappa shape index (κ3) is 7.87. The number of aromatic nitrogens is 2. The van der Waals surface area contributed by atoms with Crippen LogP contribution in [0.1, 0.15) is 65.7 Å². The van der Waals surface area contributed by atoms with E-state index in [4.69, 9.17) is 4.74 Å². The van der Waals surface area contributed by atoms with Crippen LogP contribution in [0.2, 0.25) is 0 Å². The molecule has 0 aliphatic heterocycles. The summed E-state index contributed by atoms with van der Waals surface area (Å²) in [7, 11) is 1.96. The van der Waals surface area contributed by atoms with Crippen molar-refractivity contribution < 1.29 is 9.53 Å². The lowest BCUT2D eigenvalue weighted by Gasteiger charge is -2.25. The first kappa shape index (κ1) is 28.3. The quantitative estimate of drug-likeness (QED) is 0.191. The number of carbonyl (C=O) groups is 1. The minimum atomic E-state index is -0.0581. The van der Waals surface area contributed by atoms with Crippen LogP contribution in [-0.2, 0) is 11.3 Å². The van der Waals surface area contributed by atoms with Crippen LogP contribution < -0.4 is 10.2 Å². The molecule has 2 atom stereocenters. The molecule has 1 aromatic carbocycles. The van der Waals surface area contributed by atoms with E-state index in [1.54, 1.807) is 17.5 Å². The molecule has 0 radical (unpaired) electrons. The second-order valence-corrected chi connectivity index (χ2v) is 10.7. The summed E-state index contributed by atoms with van der Waals surface area (Å²) in [5, 5.41) is 5.98. The third-order valence-corrected chi connectivity index (χ3v) is 7.90. The molecule has 8 heteroatoms. The molecule has 0 bridgehead atoms. The minimum Gasteiger partial charge on any atom is -0.368 e. The molecule has 0 fully saturated rings. The van der Waals surface area contributed by atoms with Crippen molar-refractivity contribution in [2.45, 2.75) is 57.9 Å². The molecule has 0 aliphatic rings. The first-order valence-electron chi connectivity index (χ1n) is 12.5. The molecule has 2 unspecified atom stereocenters. The number of thioether (sulfide) groups is 1. The first-order valence-corrected chi connectivity index (χ1v) is 14.6. The predicted octanol–water partition coefficient (Wildman–Crippen LogP) is 6.52. The maximum absolute atomic E-state index is 13.6. The minimum absolute atomic E-state index is 0.0581. The molecule has 1 N–H and O–H groups in total. The number of rotatable bonds is 14. The molecule has 0 spiro atoms. The number of carbonyl (C=O) groups excluding carboxylic acids is 1. The number of hydrogen-bond donors (Lipinski definition) is 1. The molecule has 194 valence electrons. The van der Waals surface area contributed by atoms with Gasteiger partial charge in [0.05, 0.1) is 24.0 Å². The van der Waals surface area contributed by atoms with E-state index in [2.05, 4.69) is 58.8 Å². The SMILES string of the molecule is CCC(C)CCN(C(=O)c1cnc(SC)nc1C)c1ccc(COC(CCNC)c2cccs2)cc1. The normalized spacial score (nSPS) is 12.9. The average Bonchev–Trinajstić information content (AvgIpc) is 3.44. The predicted molar refractivity (Wildman–Crippen MR) is 151 cm³/mol. The van der Waals surface area contributed by atoms with Gasteiger partial charge in [0.1, 0.15) is 0 Å². The zero-order valence-electron chi connectivity index (χ0n) is 22.0. The van der Waals surface area contributed by atoms with Gasteiger partial charge in [-0.25, -0.2) is 9.97 Å². The summed E-state index contributed by atoms with van der Waals surface area (Å²) in [5.74, 6) is 0.480. The zero-order valence-corrected chi connectivity index (χ0v) is 23.6. The van der Waals surface area contributed by atoms with Crippen molar-refractivity contribution in [1.82, 2.24) is 15.3 Å². The van der Waals surface area contributed by atoms with Crippen LogP contribution in [0, 0.1) is 12.8 Å². The Morgan fingerprint density at radius 2 is 2.00 bits per heavy atom. The lowest BCUT2D eigenvalue weighted by Crippen LogP contribution is -2.33. The summed E-state index contributed by atoms with van der Waals surface area (Å²) in [5.41, 5.74) is 3.22. The number of anilines is 1. The van der Waals surface area contributed by atoms with E-state index < -0.39 is 0 Å². The Morgan fingerprint density at radius 3 is 2.61 bits per heavy atom. The van der Waals surface area contributed by atoms with E-state index in [9.17, 15) is 4.79 Å². The Labute approximate surface area is 223 Å². The van der Waals surface area contributed by atoms with Crippen LogP contribution in [0.4, 0.5) is 5.69 Å². The van der Waals surface area contributed by atoms with Gasteiger partial charge >= 0.3 is 0 Å². The number of nitrogens with one attached hydrogen (secondary N) is 1. The number of nitrogens with zero attached hydrogens (tertiary/aromatic N) is 3. The van der Waals surface area contributed by atoms with E-state index in [1.807, 2.05) is 37.3 Å². The van der Waals surface area contributed by atoms with Gasteiger partial charge in [-0.2, -0.15) is 0 Å². The molecular weight excluding hydrogens is 488 g/mol. The maximum Gasteiger partial charge on any atom is 0.261 e. The van der Waals surface area contributed by atoms with E-state index in [0.717, 1.165) is 37.1 Å². The van der Waals surface area contributed by atoms with Gasteiger partial charge in [-0.05, 0) is 74.7 Å². The average molecular weight is 527 g/mol. The lowest BCUT2D eigenvalue weighted by molar-refractivity contribution is 0.0367. The Hall–Kier alpha value is -2.26. The van der Waals surface area contributed by atoms with Crippen molar-refractivity contribution in [3.8, 4) is 0 Å². The molecule has 0 aliphatic carbocycles. The van der Waals surface area contributed by atoms with Crippen LogP contribution in [0.3, 0.4) is 0 Å². The molecule has 3 rings (SSSR count). The fourth-order valence-corrected chi connectivity index (χ4v) is 5.02. The van der Waals surface area contributed by atoms with Gasteiger partial charge in [-0.3, -0.25) is 4.79 Å². The van der Waals surface area contributed by atoms with Crippen molar-refractivity contribution in [2.75, 3.05) is 31.3 Å². The number of ether oxygens (including phenoxy) is 1. The Balaban J connectivity index is 1.76. The van der Waals surface area contributed by atoms with Gasteiger partial charge in [0.25, 0.3) is 5.91 Å². The summed E-state index contributed by atoms with van der Waals surface area (Å²) in [6, 6.07) is 12.4. The monoisotopic (exact) mass is 526 g/mol. The van der Waals surface area contributed by atoms with Crippen molar-refractivity contribution in [3.63, 3.8) is 0 Å². The van der Waals surface area contributed by atoms with E-state index in [1.165, 1.54) is 16.6 Å². The number of hydrogen-bond acceptors (Lipinski definition) is 7. The fourth-order valence-electron chi connectivity index (χ4n) is 3.83. The molecular formula is C28H38N4O2S2. The summed E-state index contributed by atoms with van der Waals surface area (Å²) in [6.07, 6.45) is 6.60. The number of thiophene rings is 1. The second-order valence-electron chi connectivity index (χ2n) is 8.99. The number of aryl methyl sites for hydroxylation is 1. The van der Waals surface area contributed by atoms with Gasteiger partial charge in [-0.15, -0.1) is 11.3 Å². The molecule has 1 amide bonds. The third-order valence-electron chi connectivity index (χ3n) is 6.37. The highest BCUT2D eigenvalue weighted by molar-refractivity contribution is 7.98. The molecule has 3 aromatic rings. The number of amides is 1. The Bertz CT molecular complexity index is 1070. The van der Waals surface area contributed by atoms with Gasteiger partial charge in [0.15, 0.2) is 5.16 Å². The molecule has 2 aromatic heterocycles. The second kappa shape index (κ2) is 14.5. The van der Waals surface area contributed by atoms with Gasteiger partial charge in [0, 0.05) is 23.3 Å². The lowest BCUT2D eigenvalue weighted by atomic mass is 10.0. The summed E-state index contributed by atoms with van der Waals surface area (Å²) in [6.45, 7) is 8.36.